The van der Waals surface area contributed by atoms with Gasteiger partial charge in [0.1, 0.15) is 38.4 Å². The van der Waals surface area contributed by atoms with Crippen molar-refractivity contribution in [2.45, 2.75) is 155 Å². The van der Waals surface area contributed by atoms with Crippen molar-refractivity contribution in [2.24, 2.45) is 0 Å². The molecule has 8 heteroatoms. The van der Waals surface area contributed by atoms with Crippen molar-refractivity contribution in [3.63, 3.8) is 0 Å². The number of hydrogen-bond acceptors (Lipinski definition) is 6. The summed E-state index contributed by atoms with van der Waals surface area (Å²) < 4.78 is 1.70. The minimum absolute atomic E-state index is 0.172. The average molecular weight is 755 g/mol. The van der Waals surface area contributed by atoms with Crippen molar-refractivity contribution >= 4 is 11.9 Å². The fourth-order valence-corrected chi connectivity index (χ4v) is 6.77. The van der Waals surface area contributed by atoms with Crippen LogP contribution in [0.3, 0.4) is 0 Å². The van der Waals surface area contributed by atoms with E-state index in [4.69, 9.17) is 0 Å². The van der Waals surface area contributed by atoms with Crippen molar-refractivity contribution in [3.8, 4) is 0 Å². The minimum atomic E-state index is -1.55. The summed E-state index contributed by atoms with van der Waals surface area (Å²) in [6.07, 6.45) is 23.6. The van der Waals surface area contributed by atoms with Crippen LogP contribution in [0, 0.1) is 0 Å². The lowest BCUT2D eigenvalue weighted by Crippen LogP contribution is -2.44. The van der Waals surface area contributed by atoms with Crippen LogP contribution in [0.2, 0.25) is 0 Å². The normalized spacial score (nSPS) is 12.7. The average Bonchev–Trinajstić information content (AvgIpc) is 3.10. The van der Waals surface area contributed by atoms with Gasteiger partial charge in [0.15, 0.2) is 0 Å². The van der Waals surface area contributed by atoms with Crippen molar-refractivity contribution in [1.82, 2.24) is 0 Å². The van der Waals surface area contributed by atoms with Gasteiger partial charge in [0, 0.05) is 11.1 Å². The molecule has 0 heterocycles. The Morgan fingerprint density at radius 3 is 1.07 bits per heavy atom. The van der Waals surface area contributed by atoms with Gasteiger partial charge in [-0.15, -0.1) is 0 Å². The van der Waals surface area contributed by atoms with E-state index in [1.807, 2.05) is 0 Å². The molecule has 0 spiro atoms. The molecule has 2 aromatic rings. The summed E-state index contributed by atoms with van der Waals surface area (Å²) in [5, 5.41) is 39.5. The molecular formula is C46H78N2O6. The maximum Gasteiger partial charge on any atom is 0.105 e. The number of carboxylic acid groups (broad SMARTS) is 2. The fraction of sp³-hybridized carbons (Fsp3) is 0.652. The molecule has 0 aliphatic rings. The maximum atomic E-state index is 10.3. The van der Waals surface area contributed by atoms with Crippen LogP contribution in [0.4, 0.5) is 0 Å². The predicted octanol–water partition coefficient (Wildman–Crippen LogP) is 7.35. The number of aliphatic carboxylic acids is 2. The third kappa shape index (κ3) is 33.5. The van der Waals surface area contributed by atoms with Crippen LogP contribution in [-0.2, 0) is 22.7 Å². The SMILES string of the molecule is CCCCCCCCCCC(O)C[N+](C)(C)Cc1ccccc1.CCCCCCCCCCC(O)C[N+](C)(C)Cc1ccccc1.O=C([O-])C=CC(=O)[O-]. The highest BCUT2D eigenvalue weighted by Gasteiger charge is 2.21. The van der Waals surface area contributed by atoms with Gasteiger partial charge in [-0.25, -0.2) is 0 Å². The van der Waals surface area contributed by atoms with Crippen LogP contribution < -0.4 is 10.2 Å². The highest BCUT2D eigenvalue weighted by molar-refractivity contribution is 5.87. The molecule has 0 bridgehead atoms. The van der Waals surface area contributed by atoms with E-state index in [0.29, 0.717) is 12.2 Å². The summed E-state index contributed by atoms with van der Waals surface area (Å²) in [7, 11) is 8.85. The number of carboxylic acids is 2. The van der Waals surface area contributed by atoms with Gasteiger partial charge in [-0.2, -0.15) is 0 Å². The quantitative estimate of drug-likeness (QED) is 0.0533. The number of aliphatic hydroxyl groups excluding tert-OH is 2. The zero-order valence-corrected chi connectivity index (χ0v) is 35.1. The molecule has 308 valence electrons. The van der Waals surface area contributed by atoms with E-state index in [9.17, 15) is 30.0 Å². The third-order valence-corrected chi connectivity index (χ3v) is 9.45. The summed E-state index contributed by atoms with van der Waals surface area (Å²) >= 11 is 0. The van der Waals surface area contributed by atoms with E-state index in [2.05, 4.69) is 103 Å². The van der Waals surface area contributed by atoms with Crippen molar-refractivity contribution in [2.75, 3.05) is 41.3 Å². The first-order valence-corrected chi connectivity index (χ1v) is 20.9. The van der Waals surface area contributed by atoms with E-state index >= 15 is 0 Å². The lowest BCUT2D eigenvalue weighted by atomic mass is 10.0. The number of quaternary nitrogens is 2. The van der Waals surface area contributed by atoms with Gasteiger partial charge in [0.2, 0.25) is 0 Å². The maximum absolute atomic E-state index is 10.3. The Morgan fingerprint density at radius 2 is 0.796 bits per heavy atom. The molecule has 0 aromatic heterocycles. The second kappa shape index (κ2) is 32.2. The summed E-state index contributed by atoms with van der Waals surface area (Å²) in [5.41, 5.74) is 2.69. The molecular weight excluding hydrogens is 677 g/mol. The summed E-state index contributed by atoms with van der Waals surface area (Å²) in [6, 6.07) is 21.2. The predicted molar refractivity (Wildman–Crippen MR) is 220 cm³/mol. The molecule has 0 radical (unpaired) electrons. The van der Waals surface area contributed by atoms with Gasteiger partial charge in [-0.05, 0) is 25.0 Å². The third-order valence-electron chi connectivity index (χ3n) is 9.45. The lowest BCUT2D eigenvalue weighted by molar-refractivity contribution is -0.906. The Morgan fingerprint density at radius 1 is 0.519 bits per heavy atom. The number of carbonyl (C=O) groups is 2. The molecule has 0 fully saturated rings. The zero-order valence-electron chi connectivity index (χ0n) is 35.1. The van der Waals surface area contributed by atoms with E-state index in [-0.39, 0.29) is 12.2 Å². The monoisotopic (exact) mass is 755 g/mol. The topological polar surface area (TPSA) is 121 Å². The van der Waals surface area contributed by atoms with Crippen LogP contribution in [-0.4, -0.2) is 84.6 Å². The van der Waals surface area contributed by atoms with Crippen LogP contribution in [0.15, 0.2) is 72.8 Å². The van der Waals surface area contributed by atoms with Crippen LogP contribution in [0.25, 0.3) is 0 Å². The van der Waals surface area contributed by atoms with Crippen molar-refractivity contribution in [3.05, 3.63) is 83.9 Å². The van der Waals surface area contributed by atoms with E-state index in [1.165, 1.54) is 114 Å². The number of unbranched alkanes of at least 4 members (excludes halogenated alkanes) is 14. The van der Waals surface area contributed by atoms with Gasteiger partial charge in [0.05, 0.1) is 40.1 Å². The van der Waals surface area contributed by atoms with Gasteiger partial charge in [-0.1, -0.05) is 177 Å². The van der Waals surface area contributed by atoms with Crippen LogP contribution in [0.5, 0.6) is 0 Å². The molecule has 0 saturated heterocycles. The van der Waals surface area contributed by atoms with E-state index in [1.54, 1.807) is 0 Å². The first-order chi connectivity index (χ1) is 25.7. The molecule has 2 atom stereocenters. The number of carbonyl (C=O) groups excluding carboxylic acids is 2. The Hall–Kier alpha value is -3.04. The molecule has 2 N–H and O–H groups in total. The van der Waals surface area contributed by atoms with Crippen LogP contribution in [0.1, 0.15) is 141 Å². The summed E-state index contributed by atoms with van der Waals surface area (Å²) in [4.78, 5) is 18.8. The molecule has 2 unspecified atom stereocenters. The fourth-order valence-electron chi connectivity index (χ4n) is 6.77. The Bertz CT molecular complexity index is 1110. The number of hydrogen-bond donors (Lipinski definition) is 2. The molecule has 2 aromatic carbocycles. The lowest BCUT2D eigenvalue weighted by Gasteiger charge is -2.32. The molecule has 0 aliphatic heterocycles. The molecule has 0 aliphatic carbocycles. The number of likely N-dealkylation sites (N-methyl/N-ethyl adjacent to an activating group) is 2. The second-order valence-corrected chi connectivity index (χ2v) is 16.3. The smallest absolute Gasteiger partial charge is 0.105 e. The second-order valence-electron chi connectivity index (χ2n) is 16.3. The zero-order chi connectivity index (χ0) is 40.5. The number of aliphatic hydroxyl groups is 2. The molecule has 54 heavy (non-hydrogen) atoms. The number of nitrogens with zero attached hydrogens (tertiary/aromatic N) is 2. The van der Waals surface area contributed by atoms with Gasteiger partial charge < -0.3 is 39.0 Å². The standard InChI is InChI=1S/2C21H38NO.C4H4O4/c2*1-4-5-6-7-8-9-10-14-17-21(23)19-22(2,3)18-20-15-12-11-13-16-20;5-3(6)1-2-4(7)8/h2*11-13,15-16,21,23H,4-10,14,17-19H2,1-3H3;1-2H,(H,5,6)(H,7,8)/q2*+1;/p-2. The van der Waals surface area contributed by atoms with E-state index in [0.717, 1.165) is 48.0 Å². The van der Waals surface area contributed by atoms with Gasteiger partial charge in [-0.3, -0.25) is 0 Å². The molecule has 0 saturated carbocycles. The molecule has 2 rings (SSSR count). The van der Waals surface area contributed by atoms with Crippen molar-refractivity contribution in [1.29, 1.82) is 0 Å². The first kappa shape index (κ1) is 51.0. The minimum Gasteiger partial charge on any atom is -0.545 e. The summed E-state index contributed by atoms with van der Waals surface area (Å²) in [5.74, 6) is -3.09. The largest absolute Gasteiger partial charge is 0.545 e. The Kier molecular flexibility index (Phi) is 30.4. The number of benzene rings is 2. The highest BCUT2D eigenvalue weighted by atomic mass is 16.4. The first-order valence-electron chi connectivity index (χ1n) is 20.9. The van der Waals surface area contributed by atoms with Gasteiger partial charge >= 0.3 is 0 Å². The highest BCUT2D eigenvalue weighted by Crippen LogP contribution is 2.16. The van der Waals surface area contributed by atoms with Crippen molar-refractivity contribution < 1.29 is 39.0 Å². The Balaban J connectivity index is 0.000000867. The van der Waals surface area contributed by atoms with Crippen LogP contribution >= 0.6 is 0 Å². The molecule has 0 amide bonds. The Labute approximate surface area is 330 Å². The van der Waals surface area contributed by atoms with Gasteiger partial charge in [0.25, 0.3) is 0 Å². The van der Waals surface area contributed by atoms with E-state index < -0.39 is 11.9 Å². The summed E-state index contributed by atoms with van der Waals surface area (Å²) in [6.45, 7) is 8.17. The molecule has 8 nitrogen and oxygen atoms in total. The number of rotatable bonds is 28.